The molecule has 2 aromatic carbocycles. The summed E-state index contributed by atoms with van der Waals surface area (Å²) in [7, 11) is 3.17. The molecule has 0 spiro atoms. The van der Waals surface area contributed by atoms with Crippen molar-refractivity contribution in [2.45, 2.75) is 89.4 Å². The molecule has 2 aromatic heterocycles. The zero-order valence-corrected chi connectivity index (χ0v) is 30.6. The number of carbonyl (C=O) groups is 2. The summed E-state index contributed by atoms with van der Waals surface area (Å²) in [6.07, 6.45) is 11.2. The van der Waals surface area contributed by atoms with E-state index in [1.807, 2.05) is 36.4 Å². The van der Waals surface area contributed by atoms with Crippen LogP contribution in [0.3, 0.4) is 0 Å². The largest absolute Gasteiger partial charge is 0.480 e. The van der Waals surface area contributed by atoms with Crippen molar-refractivity contribution in [2.24, 2.45) is 0 Å². The van der Waals surface area contributed by atoms with Crippen LogP contribution in [-0.4, -0.2) is 64.1 Å². The van der Waals surface area contributed by atoms with Crippen LogP contribution in [0.4, 0.5) is 0 Å². The van der Waals surface area contributed by atoms with E-state index < -0.39 is 0 Å². The van der Waals surface area contributed by atoms with E-state index in [4.69, 9.17) is 52.6 Å². The van der Waals surface area contributed by atoms with Gasteiger partial charge in [0, 0.05) is 60.3 Å². The molecule has 13 heteroatoms. The van der Waals surface area contributed by atoms with Gasteiger partial charge in [0.05, 0.1) is 48.0 Å². The summed E-state index contributed by atoms with van der Waals surface area (Å²) in [4.78, 5) is 41.9. The Morgan fingerprint density at radius 3 is 1.92 bits per heavy atom. The van der Waals surface area contributed by atoms with E-state index in [1.54, 1.807) is 33.5 Å². The second-order valence-electron chi connectivity index (χ2n) is 13.1. The van der Waals surface area contributed by atoms with E-state index in [1.165, 1.54) is 0 Å². The highest BCUT2D eigenvalue weighted by molar-refractivity contribution is 6.39. The van der Waals surface area contributed by atoms with Crippen molar-refractivity contribution in [3.63, 3.8) is 0 Å². The molecule has 268 valence electrons. The van der Waals surface area contributed by atoms with Crippen LogP contribution in [0.5, 0.6) is 11.8 Å². The number of halogens is 2. The van der Waals surface area contributed by atoms with Gasteiger partial charge in [0.15, 0.2) is 0 Å². The van der Waals surface area contributed by atoms with E-state index in [0.717, 1.165) is 61.8 Å². The van der Waals surface area contributed by atoms with Gasteiger partial charge in [-0.3, -0.25) is 19.6 Å². The summed E-state index contributed by atoms with van der Waals surface area (Å²) >= 11 is 14.2. The number of benzene rings is 2. The molecule has 6 rings (SSSR count). The number of aryl methyl sites for hydroxylation is 1. The first kappa shape index (κ1) is 36.5. The number of ether oxygens (including phenoxy) is 2. The molecule has 3 N–H and O–H groups in total. The van der Waals surface area contributed by atoms with Crippen LogP contribution in [0.15, 0.2) is 48.8 Å². The minimum Gasteiger partial charge on any atom is -0.480 e. The highest BCUT2D eigenvalue weighted by atomic mass is 35.5. The average Bonchev–Trinajstić information content (AvgIpc) is 3.56. The number of methoxy groups -OCH3 is 2. The lowest BCUT2D eigenvalue weighted by Gasteiger charge is -2.29. The van der Waals surface area contributed by atoms with Gasteiger partial charge in [0.25, 0.3) is 0 Å². The Bertz CT molecular complexity index is 1880. The number of hydrogen-bond donors (Lipinski definition) is 3. The molecule has 0 bridgehead atoms. The molecule has 0 radical (unpaired) electrons. The number of nitrogens with one attached hydrogen (secondary N) is 3. The Labute approximate surface area is 308 Å². The van der Waals surface area contributed by atoms with Gasteiger partial charge >= 0.3 is 0 Å². The van der Waals surface area contributed by atoms with Crippen LogP contribution in [0, 0.1) is 0 Å². The molecule has 1 atom stereocenters. The normalized spacial score (nSPS) is 18.7. The summed E-state index contributed by atoms with van der Waals surface area (Å²) in [6.45, 7) is 2.07. The average molecular weight is 733 g/mol. The van der Waals surface area contributed by atoms with Gasteiger partial charge < -0.3 is 25.4 Å². The van der Waals surface area contributed by atoms with Crippen molar-refractivity contribution >= 4 is 35.0 Å². The summed E-state index contributed by atoms with van der Waals surface area (Å²) in [5.41, 5.74) is 5.49. The summed E-state index contributed by atoms with van der Waals surface area (Å²) in [5.74, 6) is 1.02. The van der Waals surface area contributed by atoms with Gasteiger partial charge in [-0.25, -0.2) is 9.97 Å². The minimum atomic E-state index is 0.0199. The Morgan fingerprint density at radius 2 is 1.37 bits per heavy atom. The van der Waals surface area contributed by atoms with Crippen molar-refractivity contribution in [3.05, 3.63) is 70.2 Å². The number of rotatable bonds is 13. The quantitative estimate of drug-likeness (QED) is 0.137. The smallest absolute Gasteiger partial charge is 0.237 e. The van der Waals surface area contributed by atoms with Crippen LogP contribution in [0.2, 0.25) is 10.0 Å². The molecule has 2 amide bonds. The van der Waals surface area contributed by atoms with Gasteiger partial charge in [0.1, 0.15) is 11.4 Å². The van der Waals surface area contributed by atoms with Gasteiger partial charge in [-0.15, -0.1) is 0 Å². The van der Waals surface area contributed by atoms with E-state index in [9.17, 15) is 9.59 Å². The fourth-order valence-electron chi connectivity index (χ4n) is 6.93. The molecule has 1 aliphatic heterocycles. The lowest BCUT2D eigenvalue weighted by molar-refractivity contribution is -0.120. The van der Waals surface area contributed by atoms with Crippen molar-refractivity contribution in [3.8, 4) is 45.4 Å². The molecule has 2 fully saturated rings. The van der Waals surface area contributed by atoms with Gasteiger partial charge in [-0.05, 0) is 51.4 Å². The summed E-state index contributed by atoms with van der Waals surface area (Å²) in [6, 6.07) is 12.2. The Kier molecular flexibility index (Phi) is 12.0. The van der Waals surface area contributed by atoms with Gasteiger partial charge in [-0.1, -0.05) is 59.6 Å². The van der Waals surface area contributed by atoms with Crippen LogP contribution in [0.1, 0.15) is 69.7 Å². The fraction of sp³-hybridized carbons (Fsp3) is 0.421. The second kappa shape index (κ2) is 16.8. The Balaban J connectivity index is 1.17. The molecule has 2 aliphatic rings. The first-order valence-corrected chi connectivity index (χ1v) is 18.2. The van der Waals surface area contributed by atoms with Crippen LogP contribution >= 0.6 is 23.2 Å². The predicted octanol–water partition coefficient (Wildman–Crippen LogP) is 6.73. The second-order valence-corrected chi connectivity index (χ2v) is 13.8. The summed E-state index contributed by atoms with van der Waals surface area (Å²) in [5, 5.41) is 10.6. The SMILES string of the molecule is COc1nc(-c2cccc(-c3cccc(-c4cnc(CNC5CCC(NC(C)=O)CC5)c(OC)n4)c3Cl)c2Cl)cnc1CCC[C@H]1CCC(=O)N1. The van der Waals surface area contributed by atoms with Crippen molar-refractivity contribution < 1.29 is 19.1 Å². The Morgan fingerprint density at radius 1 is 0.824 bits per heavy atom. The highest BCUT2D eigenvalue weighted by Crippen LogP contribution is 2.42. The molecule has 3 heterocycles. The van der Waals surface area contributed by atoms with E-state index in [0.29, 0.717) is 75.4 Å². The number of hydrogen-bond acceptors (Lipinski definition) is 9. The van der Waals surface area contributed by atoms with E-state index >= 15 is 0 Å². The van der Waals surface area contributed by atoms with Crippen molar-refractivity contribution in [1.82, 2.24) is 35.9 Å². The number of nitrogens with zero attached hydrogens (tertiary/aromatic N) is 4. The molecule has 1 aliphatic carbocycles. The highest BCUT2D eigenvalue weighted by Gasteiger charge is 2.24. The summed E-state index contributed by atoms with van der Waals surface area (Å²) < 4.78 is 11.3. The molecule has 1 saturated carbocycles. The van der Waals surface area contributed by atoms with Crippen molar-refractivity contribution in [2.75, 3.05) is 14.2 Å². The molecule has 51 heavy (non-hydrogen) atoms. The third kappa shape index (κ3) is 8.77. The van der Waals surface area contributed by atoms with Crippen LogP contribution in [-0.2, 0) is 22.6 Å². The molecular weight excluding hydrogens is 689 g/mol. The third-order valence-corrected chi connectivity index (χ3v) is 10.4. The van der Waals surface area contributed by atoms with Gasteiger partial charge in [0.2, 0.25) is 23.6 Å². The van der Waals surface area contributed by atoms with Gasteiger partial charge in [-0.2, -0.15) is 0 Å². The molecular formula is C38H43Cl2N7O4. The fourth-order valence-corrected chi connectivity index (χ4v) is 7.58. The third-order valence-electron chi connectivity index (χ3n) is 9.59. The lowest BCUT2D eigenvalue weighted by Crippen LogP contribution is -2.41. The van der Waals surface area contributed by atoms with E-state index in [-0.39, 0.29) is 23.9 Å². The number of amides is 2. The lowest BCUT2D eigenvalue weighted by atomic mass is 9.91. The van der Waals surface area contributed by atoms with Crippen LogP contribution < -0.4 is 25.4 Å². The maximum Gasteiger partial charge on any atom is 0.237 e. The first-order chi connectivity index (χ1) is 24.7. The standard InChI is InChI=1S/C38H43Cl2N7O4/c1-22(48)44-25-15-13-23(14-16-25)41-21-33-38(51-3)47-32(20-43-33)29-11-6-9-27(36(29)40)26-8-5-10-28(35(26)39)31-19-42-30(37(46-31)50-2)12-4-7-24-17-18-34(49)45-24/h5-6,8-11,19-20,23-25,41H,4,7,12-18,21H2,1-3H3,(H,44,48)(H,45,49)/t23?,24-,25?/m0/s1. The van der Waals surface area contributed by atoms with E-state index in [2.05, 4.69) is 16.0 Å². The molecule has 1 saturated heterocycles. The molecule has 4 aromatic rings. The first-order valence-electron chi connectivity index (χ1n) is 17.4. The predicted molar refractivity (Wildman–Crippen MR) is 198 cm³/mol. The topological polar surface area (TPSA) is 140 Å². The van der Waals surface area contributed by atoms with Crippen LogP contribution in [0.25, 0.3) is 33.6 Å². The monoisotopic (exact) mass is 731 g/mol. The maximum atomic E-state index is 11.5. The molecule has 11 nitrogen and oxygen atoms in total. The zero-order chi connectivity index (χ0) is 35.9. The minimum absolute atomic E-state index is 0.0199. The number of aromatic nitrogens is 4. The molecule has 0 unspecified atom stereocenters. The zero-order valence-electron chi connectivity index (χ0n) is 29.1. The Hall–Kier alpha value is -4.32. The van der Waals surface area contributed by atoms with Crippen molar-refractivity contribution in [1.29, 1.82) is 0 Å². The maximum absolute atomic E-state index is 11.5. The number of carbonyl (C=O) groups excluding carboxylic acids is 2.